The van der Waals surface area contributed by atoms with Gasteiger partial charge in [0.25, 0.3) is 0 Å². The molecule has 3 rings (SSSR count). The first-order chi connectivity index (χ1) is 8.40. The summed E-state index contributed by atoms with van der Waals surface area (Å²) < 4.78 is 10.7. The first kappa shape index (κ1) is 11.1. The molecule has 1 aromatic rings. The van der Waals surface area contributed by atoms with Gasteiger partial charge in [0, 0.05) is 12.6 Å². The Balaban J connectivity index is 1.49. The molecule has 0 radical (unpaired) electrons. The van der Waals surface area contributed by atoms with Gasteiger partial charge in [0.1, 0.15) is 6.10 Å². The molecule has 0 atom stereocenters. The van der Waals surface area contributed by atoms with Crippen molar-refractivity contribution in [3.8, 4) is 0 Å². The molecule has 0 spiro atoms. The Bertz CT molecular complexity index is 375. The lowest BCUT2D eigenvalue weighted by Gasteiger charge is -2.25. The topological polar surface area (TPSA) is 43.4 Å². The summed E-state index contributed by atoms with van der Waals surface area (Å²) in [6.45, 7) is 2.90. The van der Waals surface area contributed by atoms with Crippen molar-refractivity contribution in [2.45, 2.75) is 38.1 Å². The van der Waals surface area contributed by atoms with Crippen LogP contribution in [0.4, 0.5) is 0 Å². The maximum Gasteiger partial charge on any atom is 0.105 e. The Kier molecular flexibility index (Phi) is 3.36. The van der Waals surface area contributed by atoms with E-state index in [1.54, 1.807) is 0 Å². The van der Waals surface area contributed by atoms with Gasteiger partial charge in [-0.25, -0.2) is 0 Å². The van der Waals surface area contributed by atoms with E-state index in [2.05, 4.69) is 16.4 Å². The summed E-state index contributed by atoms with van der Waals surface area (Å²) in [6, 6.07) is 6.85. The number of nitrogens with one attached hydrogen (secondary N) is 1. The summed E-state index contributed by atoms with van der Waals surface area (Å²) in [7, 11) is 0. The second kappa shape index (κ2) is 5.12. The molecule has 2 aliphatic rings. The third-order valence-electron chi connectivity index (χ3n) is 3.09. The smallest absolute Gasteiger partial charge is 0.105 e. The van der Waals surface area contributed by atoms with Crippen molar-refractivity contribution in [2.24, 2.45) is 0 Å². The van der Waals surface area contributed by atoms with Gasteiger partial charge in [-0.3, -0.25) is 4.98 Å². The Morgan fingerprint density at radius 2 is 2.12 bits per heavy atom. The van der Waals surface area contributed by atoms with Crippen LogP contribution in [0.25, 0.3) is 0 Å². The highest BCUT2D eigenvalue weighted by molar-refractivity contribution is 5.11. The second-order valence-electron chi connectivity index (χ2n) is 4.75. The molecule has 1 saturated carbocycles. The van der Waals surface area contributed by atoms with Crippen molar-refractivity contribution in [1.29, 1.82) is 0 Å². The van der Waals surface area contributed by atoms with Crippen LogP contribution in [0.2, 0.25) is 0 Å². The van der Waals surface area contributed by atoms with Crippen molar-refractivity contribution in [1.82, 2.24) is 10.3 Å². The molecule has 1 aliphatic heterocycles. The highest BCUT2D eigenvalue weighted by Crippen LogP contribution is 2.19. The van der Waals surface area contributed by atoms with Crippen LogP contribution < -0.4 is 5.32 Å². The Morgan fingerprint density at radius 3 is 2.82 bits per heavy atom. The maximum atomic E-state index is 5.65. The Morgan fingerprint density at radius 1 is 1.29 bits per heavy atom. The second-order valence-corrected chi connectivity index (χ2v) is 4.75. The molecule has 92 valence electrons. The largest absolute Gasteiger partial charge is 0.376 e. The molecule has 1 N–H and O–H groups in total. The molecular formula is C13H18N2O2. The molecule has 1 aliphatic carbocycles. The van der Waals surface area contributed by atoms with Gasteiger partial charge in [0.15, 0.2) is 0 Å². The summed E-state index contributed by atoms with van der Waals surface area (Å²) >= 11 is 0. The van der Waals surface area contributed by atoms with Gasteiger partial charge in [0.05, 0.1) is 31.2 Å². The van der Waals surface area contributed by atoms with Gasteiger partial charge in [-0.05, 0) is 25.0 Å². The quantitative estimate of drug-likeness (QED) is 0.804. The fourth-order valence-electron chi connectivity index (χ4n) is 1.76. The SMILES string of the molecule is c1cc(CNC2CC2)nc(COC2COC2)c1. The number of hydrogen-bond acceptors (Lipinski definition) is 4. The van der Waals surface area contributed by atoms with E-state index in [1.807, 2.05) is 12.1 Å². The number of pyridine rings is 1. The van der Waals surface area contributed by atoms with Crippen LogP contribution >= 0.6 is 0 Å². The molecule has 1 saturated heterocycles. The van der Waals surface area contributed by atoms with E-state index in [0.717, 1.165) is 37.2 Å². The first-order valence-electron chi connectivity index (χ1n) is 6.28. The Hall–Kier alpha value is -0.970. The van der Waals surface area contributed by atoms with Gasteiger partial charge in [0.2, 0.25) is 0 Å². The molecule has 2 heterocycles. The molecule has 2 fully saturated rings. The average molecular weight is 234 g/mol. The van der Waals surface area contributed by atoms with Gasteiger partial charge >= 0.3 is 0 Å². The summed E-state index contributed by atoms with van der Waals surface area (Å²) in [5, 5.41) is 3.46. The van der Waals surface area contributed by atoms with Crippen LogP contribution in [-0.2, 0) is 22.6 Å². The van der Waals surface area contributed by atoms with Crippen LogP contribution in [0.1, 0.15) is 24.2 Å². The monoisotopic (exact) mass is 234 g/mol. The van der Waals surface area contributed by atoms with E-state index < -0.39 is 0 Å². The first-order valence-corrected chi connectivity index (χ1v) is 6.28. The van der Waals surface area contributed by atoms with Crippen molar-refractivity contribution in [3.05, 3.63) is 29.6 Å². The zero-order valence-corrected chi connectivity index (χ0v) is 9.89. The zero-order chi connectivity index (χ0) is 11.5. The molecular weight excluding hydrogens is 216 g/mol. The van der Waals surface area contributed by atoms with Crippen molar-refractivity contribution < 1.29 is 9.47 Å². The van der Waals surface area contributed by atoms with Crippen molar-refractivity contribution >= 4 is 0 Å². The molecule has 0 amide bonds. The molecule has 0 aromatic carbocycles. The molecule has 0 bridgehead atoms. The van der Waals surface area contributed by atoms with Crippen molar-refractivity contribution in [2.75, 3.05) is 13.2 Å². The average Bonchev–Trinajstić information content (AvgIpc) is 3.09. The minimum atomic E-state index is 0.269. The normalized spacial score (nSPS) is 20.2. The zero-order valence-electron chi connectivity index (χ0n) is 9.89. The third-order valence-corrected chi connectivity index (χ3v) is 3.09. The lowest BCUT2D eigenvalue weighted by Crippen LogP contribution is -2.35. The van der Waals surface area contributed by atoms with Crippen LogP contribution in [0.15, 0.2) is 18.2 Å². The van der Waals surface area contributed by atoms with E-state index in [4.69, 9.17) is 9.47 Å². The fraction of sp³-hybridized carbons (Fsp3) is 0.615. The van der Waals surface area contributed by atoms with E-state index in [9.17, 15) is 0 Å². The Labute approximate surface area is 101 Å². The number of ether oxygens (including phenoxy) is 2. The standard InChI is InChI=1S/C13H18N2O2/c1-2-11(6-14-10-4-5-10)15-12(3-1)7-17-13-8-16-9-13/h1-3,10,13-14H,4-9H2. The van der Waals surface area contributed by atoms with E-state index >= 15 is 0 Å². The van der Waals surface area contributed by atoms with E-state index in [0.29, 0.717) is 6.61 Å². The van der Waals surface area contributed by atoms with Crippen LogP contribution in [-0.4, -0.2) is 30.3 Å². The highest BCUT2D eigenvalue weighted by Gasteiger charge is 2.20. The predicted octanol–water partition coefficient (Wildman–Crippen LogP) is 1.25. The van der Waals surface area contributed by atoms with E-state index in [1.165, 1.54) is 12.8 Å². The number of aromatic nitrogens is 1. The van der Waals surface area contributed by atoms with Crippen molar-refractivity contribution in [3.63, 3.8) is 0 Å². The molecule has 4 nitrogen and oxygen atoms in total. The number of hydrogen-bond donors (Lipinski definition) is 1. The van der Waals surface area contributed by atoms with E-state index in [-0.39, 0.29) is 6.10 Å². The number of nitrogens with zero attached hydrogens (tertiary/aromatic N) is 1. The van der Waals surface area contributed by atoms with Crippen LogP contribution in [0.3, 0.4) is 0 Å². The summed E-state index contributed by atoms with van der Waals surface area (Å²) in [5.41, 5.74) is 2.11. The van der Waals surface area contributed by atoms with Gasteiger partial charge in [-0.15, -0.1) is 0 Å². The molecule has 17 heavy (non-hydrogen) atoms. The fourth-order valence-corrected chi connectivity index (χ4v) is 1.76. The minimum Gasteiger partial charge on any atom is -0.376 e. The summed E-state index contributed by atoms with van der Waals surface area (Å²) in [6.07, 6.45) is 2.89. The van der Waals surface area contributed by atoms with Gasteiger partial charge in [-0.2, -0.15) is 0 Å². The van der Waals surface area contributed by atoms with Crippen LogP contribution in [0, 0.1) is 0 Å². The third kappa shape index (κ3) is 3.25. The summed E-state index contributed by atoms with van der Waals surface area (Å²) in [5.74, 6) is 0. The van der Waals surface area contributed by atoms with Gasteiger partial charge < -0.3 is 14.8 Å². The summed E-state index contributed by atoms with van der Waals surface area (Å²) in [4.78, 5) is 4.57. The predicted molar refractivity (Wildman–Crippen MR) is 63.5 cm³/mol. The maximum absolute atomic E-state index is 5.65. The highest BCUT2D eigenvalue weighted by atomic mass is 16.6. The lowest BCUT2D eigenvalue weighted by molar-refractivity contribution is -0.135. The van der Waals surface area contributed by atoms with Crippen LogP contribution in [0.5, 0.6) is 0 Å². The molecule has 4 heteroatoms. The minimum absolute atomic E-state index is 0.269. The molecule has 0 unspecified atom stereocenters. The molecule has 1 aromatic heterocycles. The lowest BCUT2D eigenvalue weighted by atomic mass is 10.3. The van der Waals surface area contributed by atoms with Gasteiger partial charge in [-0.1, -0.05) is 6.07 Å². The number of rotatable bonds is 6.